The minimum absolute atomic E-state index is 0.157. The van der Waals surface area contributed by atoms with E-state index >= 15 is 0 Å². The zero-order valence-corrected chi connectivity index (χ0v) is 29.4. The number of nitrogens with zero attached hydrogens (tertiary/aromatic N) is 1. The van der Waals surface area contributed by atoms with Gasteiger partial charge in [-0.05, 0) is 89.8 Å². The van der Waals surface area contributed by atoms with E-state index in [1.54, 1.807) is 0 Å². The van der Waals surface area contributed by atoms with Crippen molar-refractivity contribution in [1.29, 1.82) is 0 Å². The molecule has 3 nitrogen and oxygen atoms in total. The van der Waals surface area contributed by atoms with Gasteiger partial charge in [-0.1, -0.05) is 123 Å². The molecule has 11 rings (SSSR count). The predicted octanol–water partition coefficient (Wildman–Crippen LogP) is 10.1. The molecule has 4 aliphatic rings. The van der Waals surface area contributed by atoms with Crippen molar-refractivity contribution in [3.63, 3.8) is 0 Å². The van der Waals surface area contributed by atoms with Crippen LogP contribution >= 0.6 is 0 Å². The maximum atomic E-state index is 6.88. The average molecular weight is 648 g/mol. The number of hydrogen-bond donors (Lipinski definition) is 0. The number of aromatic nitrogens is 1. The average Bonchev–Trinajstić information content (AvgIpc) is 3.65. The fraction of sp³-hybridized carbons (Fsp3) is 0.217. The van der Waals surface area contributed by atoms with Gasteiger partial charge in [0, 0.05) is 27.3 Å². The van der Waals surface area contributed by atoms with Crippen LogP contribution in [0, 0.1) is 0 Å². The second-order valence-electron chi connectivity index (χ2n) is 16.3. The summed E-state index contributed by atoms with van der Waals surface area (Å²) in [4.78, 5) is 0. The van der Waals surface area contributed by atoms with Gasteiger partial charge < -0.3 is 13.9 Å². The van der Waals surface area contributed by atoms with Crippen molar-refractivity contribution >= 4 is 34.4 Å². The van der Waals surface area contributed by atoms with Crippen LogP contribution in [0.2, 0.25) is 0 Å². The van der Waals surface area contributed by atoms with E-state index in [2.05, 4.69) is 167 Å². The quantitative estimate of drug-likeness (QED) is 0.166. The minimum atomic E-state index is -0.508. The Balaban J connectivity index is 1.39. The molecule has 1 saturated heterocycles. The highest BCUT2D eigenvalue weighted by Gasteiger charge is 2.57. The first-order valence-corrected chi connectivity index (χ1v) is 18.0. The largest absolute Gasteiger partial charge is 0.495 e. The van der Waals surface area contributed by atoms with Crippen LogP contribution in [0.25, 0.3) is 49.7 Å². The Morgan fingerprint density at radius 2 is 1.04 bits per heavy atom. The molecule has 0 amide bonds. The highest BCUT2D eigenvalue weighted by atomic mass is 16.7. The summed E-state index contributed by atoms with van der Waals surface area (Å²) in [5.74, 6) is 0. The molecule has 6 aromatic carbocycles. The summed E-state index contributed by atoms with van der Waals surface area (Å²) in [6.07, 6.45) is 0. The third-order valence-electron chi connectivity index (χ3n) is 13.1. The van der Waals surface area contributed by atoms with E-state index < -0.39 is 23.7 Å². The first kappa shape index (κ1) is 28.9. The van der Waals surface area contributed by atoms with E-state index in [0.29, 0.717) is 0 Å². The second kappa shape index (κ2) is 9.06. The summed E-state index contributed by atoms with van der Waals surface area (Å²) < 4.78 is 16.3. The van der Waals surface area contributed by atoms with Gasteiger partial charge in [-0.25, -0.2) is 0 Å². The van der Waals surface area contributed by atoms with Crippen LogP contribution in [0.3, 0.4) is 0 Å². The molecule has 0 N–H and O–H groups in total. The first-order chi connectivity index (χ1) is 24.1. The normalized spacial score (nSPS) is 19.0. The van der Waals surface area contributed by atoms with E-state index in [9.17, 15) is 0 Å². The topological polar surface area (TPSA) is 23.4 Å². The standard InChI is InChI=1S/C46H38BNO2/c1-43(2)30-17-9-11-19-32(30)46(33-20-12-10-18-31(33)43)34-25-26-36(47-49-44(3,4)45(5,6)50-47)39-29-16-8-14-22-38(29)48-37-21-13-7-15-27(37)28-23-24-35(46)41(40(34)39)42(28)48/h7-26H,1-6H3. The van der Waals surface area contributed by atoms with Gasteiger partial charge in [0.2, 0.25) is 0 Å². The van der Waals surface area contributed by atoms with Crippen molar-refractivity contribution in [3.8, 4) is 27.9 Å². The summed E-state index contributed by atoms with van der Waals surface area (Å²) in [6, 6.07) is 45.9. The second-order valence-corrected chi connectivity index (χ2v) is 16.3. The molecule has 7 aromatic rings. The molecule has 1 aromatic heterocycles. The molecular weight excluding hydrogens is 609 g/mol. The summed E-state index contributed by atoms with van der Waals surface area (Å²) in [5.41, 5.74) is 16.4. The third kappa shape index (κ3) is 3.14. The smallest absolute Gasteiger partial charge is 0.399 e. The van der Waals surface area contributed by atoms with Crippen LogP contribution in [0.4, 0.5) is 0 Å². The number of para-hydroxylation sites is 2. The predicted molar refractivity (Wildman–Crippen MR) is 205 cm³/mol. The molecule has 4 heteroatoms. The molecule has 0 saturated carbocycles. The van der Waals surface area contributed by atoms with E-state index in [1.165, 1.54) is 83.1 Å². The van der Waals surface area contributed by atoms with Gasteiger partial charge >= 0.3 is 7.12 Å². The molecule has 1 fully saturated rings. The van der Waals surface area contributed by atoms with Gasteiger partial charge in [0.25, 0.3) is 0 Å². The molecule has 0 radical (unpaired) electrons. The van der Waals surface area contributed by atoms with E-state index in [4.69, 9.17) is 9.31 Å². The van der Waals surface area contributed by atoms with Crippen molar-refractivity contribution in [2.24, 2.45) is 0 Å². The molecule has 50 heavy (non-hydrogen) atoms. The van der Waals surface area contributed by atoms with Crippen LogP contribution in [0.5, 0.6) is 0 Å². The van der Waals surface area contributed by atoms with Crippen molar-refractivity contribution in [2.75, 3.05) is 0 Å². The van der Waals surface area contributed by atoms with Crippen LogP contribution < -0.4 is 5.46 Å². The lowest BCUT2D eigenvalue weighted by molar-refractivity contribution is 0.00578. The molecule has 1 spiro atoms. The summed E-state index contributed by atoms with van der Waals surface area (Å²) in [7, 11) is -0.508. The fourth-order valence-corrected chi connectivity index (χ4v) is 10.1. The molecule has 242 valence electrons. The highest BCUT2D eigenvalue weighted by Crippen LogP contribution is 2.65. The molecule has 0 unspecified atom stereocenters. The van der Waals surface area contributed by atoms with E-state index in [1.807, 2.05) is 0 Å². The lowest BCUT2D eigenvalue weighted by atomic mass is 9.55. The minimum Gasteiger partial charge on any atom is -0.399 e. The Kier molecular flexibility index (Phi) is 5.24. The molecular formula is C46H38BNO2. The molecule has 3 heterocycles. The number of rotatable bonds is 1. The van der Waals surface area contributed by atoms with Gasteiger partial charge in [0.15, 0.2) is 0 Å². The van der Waals surface area contributed by atoms with Crippen molar-refractivity contribution in [1.82, 2.24) is 4.57 Å². The van der Waals surface area contributed by atoms with Crippen molar-refractivity contribution < 1.29 is 9.31 Å². The molecule has 2 aliphatic heterocycles. The molecule has 2 aliphatic carbocycles. The Morgan fingerprint density at radius 1 is 0.480 bits per heavy atom. The van der Waals surface area contributed by atoms with Crippen LogP contribution in [0.15, 0.2) is 121 Å². The van der Waals surface area contributed by atoms with Crippen LogP contribution in [0.1, 0.15) is 74.9 Å². The first-order valence-electron chi connectivity index (χ1n) is 18.0. The zero-order valence-electron chi connectivity index (χ0n) is 29.4. The highest BCUT2D eigenvalue weighted by molar-refractivity contribution is 6.64. The molecule has 0 bridgehead atoms. The van der Waals surface area contributed by atoms with Gasteiger partial charge in [0.1, 0.15) is 0 Å². The monoisotopic (exact) mass is 647 g/mol. The van der Waals surface area contributed by atoms with Crippen LogP contribution in [-0.4, -0.2) is 22.9 Å². The van der Waals surface area contributed by atoms with Gasteiger partial charge in [-0.15, -0.1) is 0 Å². The Hall–Kier alpha value is -4.90. The Labute approximate surface area is 293 Å². The van der Waals surface area contributed by atoms with Crippen molar-refractivity contribution in [3.05, 3.63) is 155 Å². The number of hydrogen-bond acceptors (Lipinski definition) is 2. The summed E-state index contributed by atoms with van der Waals surface area (Å²) in [6.45, 7) is 13.4. The van der Waals surface area contributed by atoms with Crippen molar-refractivity contribution in [2.45, 2.75) is 63.6 Å². The summed E-state index contributed by atoms with van der Waals surface area (Å²) >= 11 is 0. The third-order valence-corrected chi connectivity index (χ3v) is 13.1. The van der Waals surface area contributed by atoms with Gasteiger partial charge in [-0.3, -0.25) is 0 Å². The molecule has 0 atom stereocenters. The Morgan fingerprint density at radius 3 is 1.74 bits per heavy atom. The maximum absolute atomic E-state index is 6.88. The van der Waals surface area contributed by atoms with Gasteiger partial charge in [-0.2, -0.15) is 0 Å². The van der Waals surface area contributed by atoms with Crippen LogP contribution in [-0.2, 0) is 20.1 Å². The summed E-state index contributed by atoms with van der Waals surface area (Å²) in [5, 5.41) is 2.56. The number of benzene rings is 6. The fourth-order valence-electron chi connectivity index (χ4n) is 10.1. The maximum Gasteiger partial charge on any atom is 0.495 e. The van der Waals surface area contributed by atoms with E-state index in [-0.39, 0.29) is 5.41 Å². The SMILES string of the molecule is CC1(C)c2ccccc2C2(c3ccccc31)c1ccc(B3OC(C)(C)C(C)(C)O3)c3c1-c1c2ccc2c4ccccc4n(c12)-c1ccccc1-3. The number of fused-ring (bicyclic) bond motifs is 12. The van der Waals surface area contributed by atoms with Gasteiger partial charge in [0.05, 0.1) is 33.3 Å². The lowest BCUT2D eigenvalue weighted by Crippen LogP contribution is -2.41. The van der Waals surface area contributed by atoms with E-state index in [0.717, 1.165) is 5.46 Å². The Bertz CT molecular complexity index is 2590. The zero-order chi connectivity index (χ0) is 33.9. The lowest BCUT2D eigenvalue weighted by Gasteiger charge is -2.46.